The molecule has 0 aliphatic rings. The molecule has 0 bridgehead atoms. The second-order valence-corrected chi connectivity index (χ2v) is 3.44. The number of nitrogens with one attached hydrogen (secondary N) is 1. The minimum atomic E-state index is 0.656. The Morgan fingerprint density at radius 2 is 2.13 bits per heavy atom. The molecule has 84 valence electrons. The highest BCUT2D eigenvalue weighted by molar-refractivity contribution is 5.37. The highest BCUT2D eigenvalue weighted by atomic mass is 16.5. The van der Waals surface area contributed by atoms with Gasteiger partial charge in [-0.2, -0.15) is 4.98 Å². The third-order valence-corrected chi connectivity index (χ3v) is 2.07. The van der Waals surface area contributed by atoms with Gasteiger partial charge in [0.15, 0.2) is 0 Å². The van der Waals surface area contributed by atoms with Crippen LogP contribution in [-0.4, -0.2) is 23.6 Å². The van der Waals surface area contributed by atoms with Crippen LogP contribution in [0, 0.1) is 6.92 Å². The van der Waals surface area contributed by atoms with Crippen molar-refractivity contribution in [2.75, 3.05) is 19.0 Å². The number of hydrogen-bond acceptors (Lipinski definition) is 4. The van der Waals surface area contributed by atoms with Crippen LogP contribution in [0.3, 0.4) is 0 Å². The molecule has 1 aromatic heterocycles. The number of aromatic nitrogens is 2. The molecular weight excluding hydrogens is 190 g/mol. The molecule has 4 nitrogen and oxygen atoms in total. The molecule has 1 rings (SSSR count). The Hall–Kier alpha value is -1.32. The summed E-state index contributed by atoms with van der Waals surface area (Å²) < 4.78 is 5.54. The summed E-state index contributed by atoms with van der Waals surface area (Å²) in [6.07, 6.45) is 3.48. The number of aryl methyl sites for hydroxylation is 1. The van der Waals surface area contributed by atoms with Crippen LogP contribution in [-0.2, 0) is 0 Å². The van der Waals surface area contributed by atoms with Crippen LogP contribution in [0.2, 0.25) is 0 Å². The molecule has 1 aromatic rings. The van der Waals surface area contributed by atoms with E-state index in [4.69, 9.17) is 4.74 Å². The zero-order valence-electron chi connectivity index (χ0n) is 9.71. The van der Waals surface area contributed by atoms with Crippen LogP contribution < -0.4 is 10.1 Å². The molecule has 1 heterocycles. The smallest absolute Gasteiger partial charge is 0.218 e. The van der Waals surface area contributed by atoms with Gasteiger partial charge in [-0.3, -0.25) is 0 Å². The molecule has 0 spiro atoms. The van der Waals surface area contributed by atoms with Gasteiger partial charge >= 0.3 is 0 Å². The van der Waals surface area contributed by atoms with Gasteiger partial charge in [0.05, 0.1) is 6.61 Å². The largest absolute Gasteiger partial charge is 0.478 e. The number of ether oxygens (including phenoxy) is 1. The number of nitrogens with zero attached hydrogens (tertiary/aromatic N) is 2. The molecule has 0 aliphatic heterocycles. The van der Waals surface area contributed by atoms with Gasteiger partial charge in [-0.05, 0) is 13.3 Å². The lowest BCUT2D eigenvalue weighted by atomic mass is 10.3. The highest BCUT2D eigenvalue weighted by Crippen LogP contribution is 2.13. The van der Waals surface area contributed by atoms with Crippen molar-refractivity contribution in [2.24, 2.45) is 0 Å². The maximum Gasteiger partial charge on any atom is 0.218 e. The van der Waals surface area contributed by atoms with Crippen LogP contribution in [0.25, 0.3) is 0 Å². The Morgan fingerprint density at radius 3 is 2.80 bits per heavy atom. The second-order valence-electron chi connectivity index (χ2n) is 3.44. The predicted molar refractivity (Wildman–Crippen MR) is 61.3 cm³/mol. The van der Waals surface area contributed by atoms with E-state index in [1.807, 2.05) is 20.0 Å². The first-order valence-corrected chi connectivity index (χ1v) is 5.42. The fourth-order valence-electron chi connectivity index (χ4n) is 1.27. The van der Waals surface area contributed by atoms with Crippen molar-refractivity contribution in [3.05, 3.63) is 11.9 Å². The zero-order chi connectivity index (χ0) is 11.1. The predicted octanol–water partition coefficient (Wildman–Crippen LogP) is 2.40. The lowest BCUT2D eigenvalue weighted by molar-refractivity contribution is 0.294. The molecule has 4 heteroatoms. The number of unbranched alkanes of at least 4 members (excludes halogenated alkanes) is 2. The summed E-state index contributed by atoms with van der Waals surface area (Å²) in [5.41, 5.74) is 0. The molecule has 0 saturated carbocycles. The Balaban J connectivity index is 2.49. The summed E-state index contributed by atoms with van der Waals surface area (Å²) in [5.74, 6) is 2.18. The molecular formula is C11H19N3O. The standard InChI is InChI=1S/C11H19N3O/c1-4-5-6-7-15-11-8-10(12-3)13-9(2)14-11/h8H,4-7H2,1-3H3,(H,12,13,14). The van der Waals surface area contributed by atoms with Crippen molar-refractivity contribution >= 4 is 5.82 Å². The van der Waals surface area contributed by atoms with Crippen molar-refractivity contribution < 1.29 is 4.74 Å². The molecule has 1 N–H and O–H groups in total. The lowest BCUT2D eigenvalue weighted by Crippen LogP contribution is -2.03. The zero-order valence-corrected chi connectivity index (χ0v) is 9.71. The SMILES string of the molecule is CCCCCOc1cc(NC)nc(C)n1. The maximum absolute atomic E-state index is 5.54. The van der Waals surface area contributed by atoms with E-state index in [1.54, 1.807) is 0 Å². The van der Waals surface area contributed by atoms with Gasteiger partial charge in [0.25, 0.3) is 0 Å². The lowest BCUT2D eigenvalue weighted by Gasteiger charge is -2.07. The molecule has 0 fully saturated rings. The van der Waals surface area contributed by atoms with E-state index in [9.17, 15) is 0 Å². The van der Waals surface area contributed by atoms with Crippen LogP contribution in [0.5, 0.6) is 5.88 Å². The van der Waals surface area contributed by atoms with E-state index < -0.39 is 0 Å². The van der Waals surface area contributed by atoms with Crippen molar-refractivity contribution in [1.82, 2.24) is 9.97 Å². The summed E-state index contributed by atoms with van der Waals surface area (Å²) in [6.45, 7) is 4.77. The van der Waals surface area contributed by atoms with Gasteiger partial charge in [-0.1, -0.05) is 19.8 Å². The van der Waals surface area contributed by atoms with E-state index in [0.29, 0.717) is 5.88 Å². The Morgan fingerprint density at radius 1 is 1.33 bits per heavy atom. The molecule has 0 saturated heterocycles. The van der Waals surface area contributed by atoms with Crippen molar-refractivity contribution in [3.8, 4) is 5.88 Å². The van der Waals surface area contributed by atoms with E-state index >= 15 is 0 Å². The van der Waals surface area contributed by atoms with Crippen LogP contribution in [0.15, 0.2) is 6.07 Å². The fraction of sp³-hybridized carbons (Fsp3) is 0.636. The number of rotatable bonds is 6. The van der Waals surface area contributed by atoms with Crippen LogP contribution >= 0.6 is 0 Å². The van der Waals surface area contributed by atoms with E-state index in [-0.39, 0.29) is 0 Å². The summed E-state index contributed by atoms with van der Waals surface area (Å²) in [7, 11) is 1.84. The minimum Gasteiger partial charge on any atom is -0.478 e. The third kappa shape index (κ3) is 4.14. The quantitative estimate of drug-likeness (QED) is 0.731. The van der Waals surface area contributed by atoms with Crippen LogP contribution in [0.1, 0.15) is 32.0 Å². The molecule has 0 aromatic carbocycles. The summed E-state index contributed by atoms with van der Waals surface area (Å²) in [4.78, 5) is 8.40. The van der Waals surface area contributed by atoms with Gasteiger partial charge in [-0.15, -0.1) is 0 Å². The van der Waals surface area contributed by atoms with Crippen molar-refractivity contribution in [2.45, 2.75) is 33.1 Å². The second kappa shape index (κ2) is 6.22. The van der Waals surface area contributed by atoms with E-state index in [1.165, 1.54) is 12.8 Å². The van der Waals surface area contributed by atoms with E-state index in [2.05, 4.69) is 22.2 Å². The molecule has 0 radical (unpaired) electrons. The molecule has 0 atom stereocenters. The third-order valence-electron chi connectivity index (χ3n) is 2.07. The Bertz CT molecular complexity index is 302. The van der Waals surface area contributed by atoms with Crippen molar-refractivity contribution in [3.63, 3.8) is 0 Å². The minimum absolute atomic E-state index is 0.656. The fourth-order valence-corrected chi connectivity index (χ4v) is 1.27. The summed E-state index contributed by atoms with van der Waals surface area (Å²) in [6, 6.07) is 1.82. The van der Waals surface area contributed by atoms with Gasteiger partial charge in [0.1, 0.15) is 11.6 Å². The van der Waals surface area contributed by atoms with Gasteiger partial charge < -0.3 is 10.1 Å². The van der Waals surface area contributed by atoms with Crippen molar-refractivity contribution in [1.29, 1.82) is 0 Å². The first-order chi connectivity index (χ1) is 7.26. The highest BCUT2D eigenvalue weighted by Gasteiger charge is 2.00. The monoisotopic (exact) mass is 209 g/mol. The molecule has 0 amide bonds. The first kappa shape index (κ1) is 11.8. The molecule has 0 aliphatic carbocycles. The van der Waals surface area contributed by atoms with Crippen LogP contribution in [0.4, 0.5) is 5.82 Å². The average Bonchev–Trinajstić information content (AvgIpc) is 2.23. The van der Waals surface area contributed by atoms with Gasteiger partial charge in [0, 0.05) is 13.1 Å². The van der Waals surface area contributed by atoms with E-state index in [0.717, 1.165) is 24.7 Å². The average molecular weight is 209 g/mol. The summed E-state index contributed by atoms with van der Waals surface area (Å²) in [5, 5.41) is 2.98. The summed E-state index contributed by atoms with van der Waals surface area (Å²) >= 11 is 0. The Labute approximate surface area is 91.1 Å². The topological polar surface area (TPSA) is 47.0 Å². The first-order valence-electron chi connectivity index (χ1n) is 5.42. The Kier molecular flexibility index (Phi) is 4.87. The molecule has 15 heavy (non-hydrogen) atoms. The maximum atomic E-state index is 5.54. The number of anilines is 1. The normalized spacial score (nSPS) is 10.1. The number of hydrogen-bond donors (Lipinski definition) is 1. The molecule has 0 unspecified atom stereocenters. The van der Waals surface area contributed by atoms with Gasteiger partial charge in [-0.25, -0.2) is 4.98 Å². The van der Waals surface area contributed by atoms with Gasteiger partial charge in [0.2, 0.25) is 5.88 Å².